The number of hydrogen-bond acceptors (Lipinski definition) is 4. The highest BCUT2D eigenvalue weighted by molar-refractivity contribution is 8.23. The second kappa shape index (κ2) is 5.70. The van der Waals surface area contributed by atoms with E-state index in [1.54, 1.807) is 0 Å². The lowest BCUT2D eigenvalue weighted by Crippen LogP contribution is -2.30. The monoisotopic (exact) mass is 274 g/mol. The molecule has 2 nitrogen and oxygen atoms in total. The van der Waals surface area contributed by atoms with Gasteiger partial charge in [-0.1, -0.05) is 32.5 Å². The molecule has 2 atom stereocenters. The van der Waals surface area contributed by atoms with Crippen molar-refractivity contribution in [3.63, 3.8) is 0 Å². The van der Waals surface area contributed by atoms with E-state index in [9.17, 15) is 4.79 Å². The van der Waals surface area contributed by atoms with Crippen LogP contribution in [0.5, 0.6) is 0 Å². The molecule has 1 rings (SSSR count). The van der Waals surface area contributed by atoms with E-state index in [4.69, 9.17) is 17.0 Å². The molecule has 17 heavy (non-hydrogen) atoms. The fourth-order valence-electron chi connectivity index (χ4n) is 2.17. The van der Waals surface area contributed by atoms with Gasteiger partial charge in [0.05, 0.1) is 11.4 Å². The summed E-state index contributed by atoms with van der Waals surface area (Å²) in [7, 11) is 0. The Hall–Kier alpha value is -0.0900. The number of carbonyl (C=O) groups is 1. The Balaban J connectivity index is 2.66. The van der Waals surface area contributed by atoms with Gasteiger partial charge in [0.25, 0.3) is 0 Å². The molecule has 98 valence electrons. The average Bonchev–Trinajstić information content (AvgIpc) is 2.45. The number of thioether (sulfide) groups is 1. The second-order valence-corrected chi connectivity index (χ2v) is 7.68. The summed E-state index contributed by atoms with van der Waals surface area (Å²) in [4.78, 5) is 11.9. The van der Waals surface area contributed by atoms with Crippen molar-refractivity contribution in [1.82, 2.24) is 0 Å². The summed E-state index contributed by atoms with van der Waals surface area (Å²) in [6.07, 6.45) is 1.74. The lowest BCUT2D eigenvalue weighted by molar-refractivity contribution is -0.117. The number of carbonyl (C=O) groups excluding carboxylic acids is 1. The molecule has 0 aromatic heterocycles. The topological polar surface area (TPSA) is 26.3 Å². The van der Waals surface area contributed by atoms with Crippen molar-refractivity contribution in [3.8, 4) is 0 Å². The highest BCUT2D eigenvalue weighted by Crippen LogP contribution is 2.43. The van der Waals surface area contributed by atoms with E-state index in [1.165, 1.54) is 11.8 Å². The van der Waals surface area contributed by atoms with Crippen LogP contribution in [0.2, 0.25) is 0 Å². The zero-order chi connectivity index (χ0) is 13.2. The van der Waals surface area contributed by atoms with Gasteiger partial charge >= 0.3 is 0 Å². The molecule has 1 aliphatic rings. The van der Waals surface area contributed by atoms with Gasteiger partial charge in [0.15, 0.2) is 0 Å². The third-order valence-electron chi connectivity index (χ3n) is 3.05. The standard InChI is InChI=1S/C13H22O2S2/c1-8(2)15-12(16)17-11-9(13(3,4)5)6-7-10(11)14/h8-9,11H,6-7H2,1-5H3. The molecule has 1 saturated carbocycles. The summed E-state index contributed by atoms with van der Waals surface area (Å²) >= 11 is 6.62. The van der Waals surface area contributed by atoms with Gasteiger partial charge in [-0.05, 0) is 43.8 Å². The molecule has 0 aliphatic heterocycles. The molecule has 1 aliphatic carbocycles. The van der Waals surface area contributed by atoms with Crippen molar-refractivity contribution >= 4 is 34.1 Å². The molecule has 0 saturated heterocycles. The Morgan fingerprint density at radius 1 is 1.47 bits per heavy atom. The summed E-state index contributed by atoms with van der Waals surface area (Å²) in [5.74, 6) is 0.721. The Morgan fingerprint density at radius 2 is 2.06 bits per heavy atom. The minimum atomic E-state index is -0.0127. The normalized spacial score (nSPS) is 25.4. The van der Waals surface area contributed by atoms with E-state index >= 15 is 0 Å². The third kappa shape index (κ3) is 4.25. The summed E-state index contributed by atoms with van der Waals surface area (Å²) < 4.78 is 5.97. The number of hydrogen-bond donors (Lipinski definition) is 0. The minimum Gasteiger partial charge on any atom is -0.476 e. The molecule has 0 spiro atoms. The fourth-order valence-corrected chi connectivity index (χ4v) is 4.09. The lowest BCUT2D eigenvalue weighted by Gasteiger charge is -2.31. The lowest BCUT2D eigenvalue weighted by atomic mass is 9.79. The first kappa shape index (κ1) is 15.0. The van der Waals surface area contributed by atoms with Crippen LogP contribution >= 0.6 is 24.0 Å². The number of ether oxygens (including phenoxy) is 1. The van der Waals surface area contributed by atoms with Crippen molar-refractivity contribution in [2.75, 3.05) is 0 Å². The van der Waals surface area contributed by atoms with Gasteiger partial charge in [-0.3, -0.25) is 4.79 Å². The Bertz CT molecular complexity index is 305. The van der Waals surface area contributed by atoms with E-state index in [-0.39, 0.29) is 16.8 Å². The fraction of sp³-hybridized carbons (Fsp3) is 0.846. The van der Waals surface area contributed by atoms with Crippen LogP contribution in [0, 0.1) is 11.3 Å². The maximum Gasteiger partial charge on any atom is 0.220 e. The van der Waals surface area contributed by atoms with Crippen molar-refractivity contribution in [3.05, 3.63) is 0 Å². The van der Waals surface area contributed by atoms with Crippen molar-refractivity contribution in [2.24, 2.45) is 11.3 Å². The molecule has 0 heterocycles. The predicted molar refractivity (Wildman–Crippen MR) is 77.4 cm³/mol. The van der Waals surface area contributed by atoms with Gasteiger partial charge in [0, 0.05) is 6.42 Å². The third-order valence-corrected chi connectivity index (χ3v) is 4.57. The first-order valence-electron chi connectivity index (χ1n) is 6.12. The van der Waals surface area contributed by atoms with Crippen LogP contribution < -0.4 is 0 Å². The molecule has 0 bridgehead atoms. The summed E-state index contributed by atoms with van der Waals surface area (Å²) in [6, 6.07) is 0. The Labute approximate surface area is 114 Å². The number of ketones is 1. The summed E-state index contributed by atoms with van der Waals surface area (Å²) in [6.45, 7) is 10.5. The maximum absolute atomic E-state index is 11.9. The minimum absolute atomic E-state index is 0.0127. The number of rotatable bonds is 2. The van der Waals surface area contributed by atoms with Crippen molar-refractivity contribution < 1.29 is 9.53 Å². The van der Waals surface area contributed by atoms with Crippen LogP contribution in [-0.2, 0) is 9.53 Å². The van der Waals surface area contributed by atoms with Crippen LogP contribution in [0.1, 0.15) is 47.5 Å². The van der Waals surface area contributed by atoms with Crippen LogP contribution in [0.15, 0.2) is 0 Å². The summed E-state index contributed by atoms with van der Waals surface area (Å²) in [5, 5.41) is -0.0127. The number of thiocarbonyl (C=S) groups is 1. The molecule has 4 heteroatoms. The van der Waals surface area contributed by atoms with E-state index < -0.39 is 0 Å². The second-order valence-electron chi connectivity index (χ2n) is 5.93. The van der Waals surface area contributed by atoms with Crippen LogP contribution in [-0.4, -0.2) is 21.5 Å². The molecule has 1 fully saturated rings. The van der Waals surface area contributed by atoms with E-state index in [0.717, 1.165) is 6.42 Å². The smallest absolute Gasteiger partial charge is 0.220 e. The van der Waals surface area contributed by atoms with Gasteiger partial charge in [-0.15, -0.1) is 0 Å². The van der Waals surface area contributed by atoms with Crippen LogP contribution in [0.3, 0.4) is 0 Å². The van der Waals surface area contributed by atoms with Gasteiger partial charge in [0.1, 0.15) is 5.78 Å². The van der Waals surface area contributed by atoms with E-state index in [0.29, 0.717) is 22.5 Å². The first-order chi connectivity index (χ1) is 7.71. The first-order valence-corrected chi connectivity index (χ1v) is 7.40. The quantitative estimate of drug-likeness (QED) is 0.715. The average molecular weight is 274 g/mol. The zero-order valence-corrected chi connectivity index (χ0v) is 12.9. The van der Waals surface area contributed by atoms with Crippen LogP contribution in [0.25, 0.3) is 0 Å². The van der Waals surface area contributed by atoms with Crippen LogP contribution in [0.4, 0.5) is 0 Å². The molecule has 2 unspecified atom stereocenters. The van der Waals surface area contributed by atoms with Gasteiger partial charge in [-0.25, -0.2) is 0 Å². The van der Waals surface area contributed by atoms with E-state index in [1.807, 2.05) is 13.8 Å². The summed E-state index contributed by atoms with van der Waals surface area (Å²) in [5.41, 5.74) is 0.150. The van der Waals surface area contributed by atoms with Crippen molar-refractivity contribution in [1.29, 1.82) is 0 Å². The molecule has 0 aromatic carbocycles. The molecular weight excluding hydrogens is 252 g/mol. The molecule has 0 amide bonds. The SMILES string of the molecule is CC(C)OC(=S)SC1C(=O)CCC1C(C)(C)C. The van der Waals surface area contributed by atoms with Gasteiger partial charge < -0.3 is 4.74 Å². The zero-order valence-electron chi connectivity index (χ0n) is 11.3. The Kier molecular flexibility index (Phi) is 5.02. The highest BCUT2D eigenvalue weighted by atomic mass is 32.2. The van der Waals surface area contributed by atoms with E-state index in [2.05, 4.69) is 20.8 Å². The van der Waals surface area contributed by atoms with Gasteiger partial charge in [-0.2, -0.15) is 0 Å². The number of Topliss-reactive ketones (excluding diaryl/α,β-unsaturated/α-hetero) is 1. The van der Waals surface area contributed by atoms with Gasteiger partial charge in [0.2, 0.25) is 4.38 Å². The molecule has 0 radical (unpaired) electrons. The largest absolute Gasteiger partial charge is 0.476 e. The Morgan fingerprint density at radius 3 is 2.53 bits per heavy atom. The molecular formula is C13H22O2S2. The molecule has 0 aromatic rings. The maximum atomic E-state index is 11.9. The highest BCUT2D eigenvalue weighted by Gasteiger charge is 2.42. The van der Waals surface area contributed by atoms with Crippen molar-refractivity contribution in [2.45, 2.75) is 58.8 Å². The predicted octanol–water partition coefficient (Wildman–Crippen LogP) is 3.82. The molecule has 0 N–H and O–H groups in total.